The fraction of sp³-hybridized carbons (Fsp3) is 0.158. The number of carbonyl (C=O) groups is 1. The second-order valence-corrected chi connectivity index (χ2v) is 5.61. The predicted molar refractivity (Wildman–Crippen MR) is 100 cm³/mol. The summed E-state index contributed by atoms with van der Waals surface area (Å²) in [5.74, 6) is 0.591. The molecular weight excluding hydrogens is 346 g/mol. The van der Waals surface area contributed by atoms with Gasteiger partial charge in [-0.15, -0.1) is 0 Å². The van der Waals surface area contributed by atoms with E-state index in [1.807, 2.05) is 48.5 Å². The summed E-state index contributed by atoms with van der Waals surface area (Å²) in [5.41, 5.74) is 6.52. The molecule has 0 saturated carbocycles. The van der Waals surface area contributed by atoms with Gasteiger partial charge in [0.05, 0.1) is 0 Å². The Kier molecular flexibility index (Phi) is 5.78. The molecular formula is C19H19N5O3. The van der Waals surface area contributed by atoms with Crippen molar-refractivity contribution in [1.29, 1.82) is 0 Å². The lowest BCUT2D eigenvalue weighted by atomic mass is 10.3. The maximum Gasteiger partial charge on any atom is 0.347 e. The molecule has 0 bridgehead atoms. The van der Waals surface area contributed by atoms with Gasteiger partial charge < -0.3 is 20.5 Å². The van der Waals surface area contributed by atoms with Crippen LogP contribution < -0.4 is 15.8 Å². The third-order valence-electron chi connectivity index (χ3n) is 3.46. The summed E-state index contributed by atoms with van der Waals surface area (Å²) in [7, 11) is 0. The summed E-state index contributed by atoms with van der Waals surface area (Å²) < 4.78 is 10.7. The first-order valence-corrected chi connectivity index (χ1v) is 8.31. The largest absolute Gasteiger partial charge is 0.479 e. The molecule has 0 amide bonds. The van der Waals surface area contributed by atoms with Gasteiger partial charge in [0.15, 0.2) is 18.5 Å². The first-order chi connectivity index (χ1) is 13.1. The maximum absolute atomic E-state index is 12.1. The molecule has 2 aromatic carbocycles. The van der Waals surface area contributed by atoms with E-state index in [0.29, 0.717) is 5.75 Å². The Hall–Kier alpha value is -3.68. The Morgan fingerprint density at radius 2 is 1.70 bits per heavy atom. The van der Waals surface area contributed by atoms with Crippen LogP contribution in [0.3, 0.4) is 0 Å². The van der Waals surface area contributed by atoms with E-state index in [2.05, 4.69) is 20.3 Å². The minimum absolute atomic E-state index is 0.0306. The molecule has 0 saturated heterocycles. The van der Waals surface area contributed by atoms with E-state index in [0.717, 1.165) is 5.69 Å². The van der Waals surface area contributed by atoms with Crippen molar-refractivity contribution < 1.29 is 14.3 Å². The van der Waals surface area contributed by atoms with Gasteiger partial charge in [-0.25, -0.2) is 4.79 Å². The zero-order valence-electron chi connectivity index (χ0n) is 14.7. The minimum atomic E-state index is -0.770. The van der Waals surface area contributed by atoms with Gasteiger partial charge in [-0.05, 0) is 31.2 Å². The van der Waals surface area contributed by atoms with Crippen molar-refractivity contribution in [2.75, 3.05) is 11.1 Å². The van der Waals surface area contributed by atoms with E-state index in [1.165, 1.54) is 0 Å². The summed E-state index contributed by atoms with van der Waals surface area (Å²) in [6.45, 7) is 1.47. The lowest BCUT2D eigenvalue weighted by molar-refractivity contribution is -0.152. The monoisotopic (exact) mass is 365 g/mol. The number of hydrogen-bond acceptors (Lipinski definition) is 8. The molecule has 0 fully saturated rings. The van der Waals surface area contributed by atoms with Gasteiger partial charge in [0, 0.05) is 5.69 Å². The molecule has 3 rings (SSSR count). The van der Waals surface area contributed by atoms with Crippen molar-refractivity contribution in [3.05, 3.63) is 66.5 Å². The fourth-order valence-electron chi connectivity index (χ4n) is 2.21. The van der Waals surface area contributed by atoms with Crippen LogP contribution in [0.2, 0.25) is 0 Å². The fourth-order valence-corrected chi connectivity index (χ4v) is 2.21. The highest BCUT2D eigenvalue weighted by molar-refractivity contribution is 5.74. The van der Waals surface area contributed by atoms with Crippen molar-refractivity contribution in [1.82, 2.24) is 15.0 Å². The van der Waals surface area contributed by atoms with E-state index in [-0.39, 0.29) is 24.3 Å². The third-order valence-corrected chi connectivity index (χ3v) is 3.46. The number of hydrogen-bond donors (Lipinski definition) is 2. The van der Waals surface area contributed by atoms with Crippen LogP contribution in [-0.2, 0) is 16.1 Å². The van der Waals surface area contributed by atoms with Gasteiger partial charge in [0.1, 0.15) is 5.75 Å². The van der Waals surface area contributed by atoms with Crippen LogP contribution in [0, 0.1) is 0 Å². The van der Waals surface area contributed by atoms with E-state index in [4.69, 9.17) is 15.2 Å². The Labute approximate surface area is 156 Å². The highest BCUT2D eigenvalue weighted by Crippen LogP contribution is 2.14. The zero-order valence-corrected chi connectivity index (χ0v) is 14.7. The molecule has 0 aliphatic rings. The quantitative estimate of drug-likeness (QED) is 0.615. The van der Waals surface area contributed by atoms with Crippen LogP contribution in [0.4, 0.5) is 17.6 Å². The average molecular weight is 365 g/mol. The molecule has 1 heterocycles. The number of nitrogens with one attached hydrogen (secondary N) is 1. The van der Waals surface area contributed by atoms with Crippen molar-refractivity contribution in [2.24, 2.45) is 0 Å². The molecule has 1 aromatic heterocycles. The van der Waals surface area contributed by atoms with Crippen LogP contribution in [-0.4, -0.2) is 27.0 Å². The number of aromatic nitrogens is 3. The van der Waals surface area contributed by atoms with E-state index < -0.39 is 12.1 Å². The van der Waals surface area contributed by atoms with Crippen LogP contribution in [0.5, 0.6) is 5.75 Å². The van der Waals surface area contributed by atoms with E-state index in [9.17, 15) is 4.79 Å². The standard InChI is InChI=1S/C19H19N5O3/c1-13(27-15-10-6-3-7-11-15)17(25)26-12-16-22-18(20)24-19(23-16)21-14-8-4-2-5-9-14/h2-11,13H,12H2,1H3,(H3,20,21,22,23,24). The second kappa shape index (κ2) is 8.61. The summed E-state index contributed by atoms with van der Waals surface area (Å²) in [4.78, 5) is 24.3. The number of anilines is 3. The molecule has 8 nitrogen and oxygen atoms in total. The normalized spacial score (nSPS) is 11.4. The van der Waals surface area contributed by atoms with Crippen molar-refractivity contribution >= 4 is 23.6 Å². The van der Waals surface area contributed by atoms with Gasteiger partial charge >= 0.3 is 5.97 Å². The highest BCUT2D eigenvalue weighted by Gasteiger charge is 2.17. The number of benzene rings is 2. The lowest BCUT2D eigenvalue weighted by Gasteiger charge is -2.13. The van der Waals surface area contributed by atoms with Crippen molar-refractivity contribution in [3.8, 4) is 5.75 Å². The number of esters is 1. The molecule has 27 heavy (non-hydrogen) atoms. The Bertz CT molecular complexity index is 890. The summed E-state index contributed by atoms with van der Waals surface area (Å²) >= 11 is 0. The Morgan fingerprint density at radius 3 is 2.41 bits per heavy atom. The van der Waals surface area contributed by atoms with Gasteiger partial charge in [0.25, 0.3) is 0 Å². The smallest absolute Gasteiger partial charge is 0.347 e. The number of rotatable bonds is 7. The van der Waals surface area contributed by atoms with Gasteiger partial charge in [0.2, 0.25) is 11.9 Å². The SMILES string of the molecule is CC(Oc1ccccc1)C(=O)OCc1nc(N)nc(Nc2ccccc2)n1. The topological polar surface area (TPSA) is 112 Å². The summed E-state index contributed by atoms with van der Waals surface area (Å²) in [6.07, 6.45) is -0.770. The predicted octanol–water partition coefficient (Wildman–Crippen LogP) is 2.71. The van der Waals surface area contributed by atoms with Crippen molar-refractivity contribution in [3.63, 3.8) is 0 Å². The van der Waals surface area contributed by atoms with Crippen LogP contribution >= 0.6 is 0 Å². The molecule has 0 spiro atoms. The number of carbonyl (C=O) groups excluding carboxylic acids is 1. The summed E-state index contributed by atoms with van der Waals surface area (Å²) in [5, 5.41) is 3.02. The van der Waals surface area contributed by atoms with Crippen LogP contribution in [0.15, 0.2) is 60.7 Å². The molecule has 8 heteroatoms. The highest BCUT2D eigenvalue weighted by atomic mass is 16.6. The molecule has 3 aromatic rings. The molecule has 0 aliphatic heterocycles. The number of nitrogen functional groups attached to an aromatic ring is 1. The number of nitrogens with zero attached hydrogens (tertiary/aromatic N) is 3. The lowest BCUT2D eigenvalue weighted by Crippen LogP contribution is -2.26. The number of nitrogens with two attached hydrogens (primary N) is 1. The second-order valence-electron chi connectivity index (χ2n) is 5.61. The molecule has 1 unspecified atom stereocenters. The molecule has 0 aliphatic carbocycles. The zero-order chi connectivity index (χ0) is 19.1. The van der Waals surface area contributed by atoms with Crippen molar-refractivity contribution in [2.45, 2.75) is 19.6 Å². The molecule has 138 valence electrons. The molecule has 0 radical (unpaired) electrons. The van der Waals surface area contributed by atoms with Crippen LogP contribution in [0.1, 0.15) is 12.7 Å². The summed E-state index contributed by atoms with van der Waals surface area (Å²) in [6, 6.07) is 18.4. The number of para-hydroxylation sites is 2. The maximum atomic E-state index is 12.1. The molecule has 1 atom stereocenters. The van der Waals surface area contributed by atoms with E-state index >= 15 is 0 Å². The first kappa shape index (κ1) is 18.1. The Balaban J connectivity index is 1.59. The number of ether oxygens (including phenoxy) is 2. The van der Waals surface area contributed by atoms with Gasteiger partial charge in [-0.1, -0.05) is 36.4 Å². The minimum Gasteiger partial charge on any atom is -0.479 e. The average Bonchev–Trinajstić information content (AvgIpc) is 2.67. The molecule has 3 N–H and O–H groups in total. The van der Waals surface area contributed by atoms with Gasteiger partial charge in [-0.2, -0.15) is 15.0 Å². The van der Waals surface area contributed by atoms with Crippen LogP contribution in [0.25, 0.3) is 0 Å². The Morgan fingerprint density at radius 1 is 1.04 bits per heavy atom. The van der Waals surface area contributed by atoms with E-state index in [1.54, 1.807) is 19.1 Å². The van der Waals surface area contributed by atoms with Gasteiger partial charge in [-0.3, -0.25) is 0 Å². The third kappa shape index (κ3) is 5.40. The first-order valence-electron chi connectivity index (χ1n) is 8.31.